The average molecular weight is 205 g/mol. The Labute approximate surface area is 89.2 Å². The number of para-hydroxylation sites is 1. The van der Waals surface area contributed by atoms with Gasteiger partial charge in [-0.05, 0) is 31.5 Å². The van der Waals surface area contributed by atoms with E-state index < -0.39 is 0 Å². The van der Waals surface area contributed by atoms with Gasteiger partial charge in [0, 0.05) is 6.42 Å². The third-order valence-corrected chi connectivity index (χ3v) is 2.38. The molecule has 0 heterocycles. The monoisotopic (exact) mass is 205 g/mol. The number of hydrogen-bond acceptors (Lipinski definition) is 3. The zero-order valence-corrected chi connectivity index (χ0v) is 8.61. The van der Waals surface area contributed by atoms with Gasteiger partial charge in [0.15, 0.2) is 5.78 Å². The quantitative estimate of drug-likeness (QED) is 0.745. The van der Waals surface area contributed by atoms with E-state index in [-0.39, 0.29) is 5.78 Å². The molecule has 2 rings (SSSR count). The molecule has 3 heteroatoms. The highest BCUT2D eigenvalue weighted by molar-refractivity contribution is 5.98. The molecule has 1 aromatic rings. The topological polar surface area (TPSA) is 52.3 Å². The fourth-order valence-corrected chi connectivity index (χ4v) is 1.43. The van der Waals surface area contributed by atoms with Gasteiger partial charge in [0.25, 0.3) is 0 Å². The van der Waals surface area contributed by atoms with Crippen molar-refractivity contribution in [3.8, 4) is 5.75 Å². The van der Waals surface area contributed by atoms with E-state index in [1.54, 1.807) is 6.07 Å². The van der Waals surface area contributed by atoms with Crippen molar-refractivity contribution >= 4 is 5.78 Å². The summed E-state index contributed by atoms with van der Waals surface area (Å²) < 4.78 is 5.66. The lowest BCUT2D eigenvalue weighted by atomic mass is 10.1. The molecule has 1 saturated carbocycles. The molecule has 0 saturated heterocycles. The Hall–Kier alpha value is -1.35. The van der Waals surface area contributed by atoms with Crippen LogP contribution in [0.5, 0.6) is 5.75 Å². The summed E-state index contributed by atoms with van der Waals surface area (Å²) in [6, 6.07) is 7.39. The van der Waals surface area contributed by atoms with Gasteiger partial charge >= 0.3 is 0 Å². The van der Waals surface area contributed by atoms with Crippen molar-refractivity contribution in [2.45, 2.75) is 25.4 Å². The van der Waals surface area contributed by atoms with Crippen molar-refractivity contribution in [1.82, 2.24) is 0 Å². The van der Waals surface area contributed by atoms with Gasteiger partial charge in [-0.15, -0.1) is 0 Å². The average Bonchev–Trinajstić information content (AvgIpc) is 3.03. The molecule has 80 valence electrons. The smallest absolute Gasteiger partial charge is 0.167 e. The number of Topliss-reactive ketones (excluding diaryl/α,β-unsaturated/α-hetero) is 1. The molecular weight excluding hydrogens is 190 g/mol. The van der Waals surface area contributed by atoms with Crippen molar-refractivity contribution < 1.29 is 9.53 Å². The molecule has 1 aliphatic rings. The third kappa shape index (κ3) is 2.57. The van der Waals surface area contributed by atoms with E-state index in [0.717, 1.165) is 12.8 Å². The summed E-state index contributed by atoms with van der Waals surface area (Å²) in [4.78, 5) is 11.7. The lowest BCUT2D eigenvalue weighted by molar-refractivity contribution is 0.0981. The van der Waals surface area contributed by atoms with Crippen LogP contribution in [-0.2, 0) is 0 Å². The van der Waals surface area contributed by atoms with Crippen molar-refractivity contribution in [2.24, 2.45) is 5.73 Å². The van der Waals surface area contributed by atoms with Crippen LogP contribution in [0, 0.1) is 0 Å². The lowest BCUT2D eigenvalue weighted by Crippen LogP contribution is -2.10. The maximum atomic E-state index is 11.7. The number of carbonyl (C=O) groups is 1. The molecule has 0 radical (unpaired) electrons. The molecule has 0 aromatic heterocycles. The van der Waals surface area contributed by atoms with Crippen molar-refractivity contribution in [2.75, 3.05) is 6.54 Å². The number of hydrogen-bond donors (Lipinski definition) is 1. The maximum absolute atomic E-state index is 11.7. The first kappa shape index (κ1) is 10.2. The molecule has 3 nitrogen and oxygen atoms in total. The van der Waals surface area contributed by atoms with E-state index in [1.165, 1.54) is 0 Å². The minimum atomic E-state index is 0.0637. The van der Waals surface area contributed by atoms with Crippen molar-refractivity contribution in [3.05, 3.63) is 29.8 Å². The summed E-state index contributed by atoms with van der Waals surface area (Å²) in [6.45, 7) is 0.386. The van der Waals surface area contributed by atoms with Gasteiger partial charge in [0.05, 0.1) is 11.7 Å². The molecule has 15 heavy (non-hydrogen) atoms. The SMILES string of the molecule is NCCC(=O)c1ccccc1OC1CC1. The van der Waals surface area contributed by atoms with Crippen LogP contribution in [0.3, 0.4) is 0 Å². The number of rotatable bonds is 5. The molecule has 0 bridgehead atoms. The van der Waals surface area contributed by atoms with Gasteiger partial charge in [-0.25, -0.2) is 0 Å². The van der Waals surface area contributed by atoms with E-state index in [2.05, 4.69) is 0 Å². The number of carbonyl (C=O) groups excluding carboxylic acids is 1. The molecule has 2 N–H and O–H groups in total. The molecule has 1 aromatic carbocycles. The van der Waals surface area contributed by atoms with Gasteiger partial charge in [0.1, 0.15) is 5.75 Å². The predicted octanol–water partition coefficient (Wildman–Crippen LogP) is 1.76. The molecule has 1 fully saturated rings. The van der Waals surface area contributed by atoms with E-state index in [0.29, 0.717) is 30.4 Å². The van der Waals surface area contributed by atoms with Gasteiger partial charge in [0.2, 0.25) is 0 Å². The van der Waals surface area contributed by atoms with Crippen LogP contribution in [0.15, 0.2) is 24.3 Å². The van der Waals surface area contributed by atoms with Crippen LogP contribution in [0.1, 0.15) is 29.6 Å². The molecular formula is C12H15NO2. The summed E-state index contributed by atoms with van der Waals surface area (Å²) in [5.41, 5.74) is 6.03. The first-order valence-electron chi connectivity index (χ1n) is 5.30. The molecule has 0 amide bonds. The maximum Gasteiger partial charge on any atom is 0.167 e. The number of nitrogens with two attached hydrogens (primary N) is 1. The molecule has 1 aliphatic carbocycles. The zero-order chi connectivity index (χ0) is 10.7. The highest BCUT2D eigenvalue weighted by atomic mass is 16.5. The minimum absolute atomic E-state index is 0.0637. The van der Waals surface area contributed by atoms with Crippen LogP contribution in [0.4, 0.5) is 0 Å². The molecule has 0 aliphatic heterocycles. The van der Waals surface area contributed by atoms with Crippen molar-refractivity contribution in [3.63, 3.8) is 0 Å². The van der Waals surface area contributed by atoms with E-state index in [4.69, 9.17) is 10.5 Å². The first-order valence-corrected chi connectivity index (χ1v) is 5.30. The summed E-state index contributed by atoms with van der Waals surface area (Å²) in [5, 5.41) is 0. The first-order chi connectivity index (χ1) is 7.31. The van der Waals surface area contributed by atoms with Crippen LogP contribution >= 0.6 is 0 Å². The highest BCUT2D eigenvalue weighted by Gasteiger charge is 2.25. The number of ether oxygens (including phenoxy) is 1. The Morgan fingerprint density at radius 2 is 2.13 bits per heavy atom. The van der Waals surface area contributed by atoms with E-state index in [1.807, 2.05) is 18.2 Å². The van der Waals surface area contributed by atoms with Gasteiger partial charge in [-0.1, -0.05) is 12.1 Å². The fourth-order valence-electron chi connectivity index (χ4n) is 1.43. The fraction of sp³-hybridized carbons (Fsp3) is 0.417. The van der Waals surface area contributed by atoms with Crippen LogP contribution in [0.25, 0.3) is 0 Å². The standard InChI is InChI=1S/C12H15NO2/c13-8-7-11(14)10-3-1-2-4-12(10)15-9-5-6-9/h1-4,9H,5-8,13H2. The van der Waals surface area contributed by atoms with Gasteiger partial charge < -0.3 is 10.5 Å². The third-order valence-electron chi connectivity index (χ3n) is 2.38. The Balaban J connectivity index is 2.16. The Bertz CT molecular complexity index is 358. The second kappa shape index (κ2) is 4.45. The van der Waals surface area contributed by atoms with Gasteiger partial charge in [-0.2, -0.15) is 0 Å². The van der Waals surface area contributed by atoms with Crippen LogP contribution < -0.4 is 10.5 Å². The normalized spacial score (nSPS) is 15.0. The Kier molecular flexibility index (Phi) is 3.02. The number of ketones is 1. The lowest BCUT2D eigenvalue weighted by Gasteiger charge is -2.09. The Morgan fingerprint density at radius 1 is 1.40 bits per heavy atom. The van der Waals surface area contributed by atoms with Crippen LogP contribution in [0.2, 0.25) is 0 Å². The predicted molar refractivity (Wildman–Crippen MR) is 58.1 cm³/mol. The molecule has 0 unspecified atom stereocenters. The molecule has 0 spiro atoms. The number of benzene rings is 1. The Morgan fingerprint density at radius 3 is 2.80 bits per heavy atom. The second-order valence-corrected chi connectivity index (χ2v) is 3.78. The largest absolute Gasteiger partial charge is 0.490 e. The van der Waals surface area contributed by atoms with Crippen LogP contribution in [-0.4, -0.2) is 18.4 Å². The summed E-state index contributed by atoms with van der Waals surface area (Å²) in [6.07, 6.45) is 2.89. The summed E-state index contributed by atoms with van der Waals surface area (Å²) in [7, 11) is 0. The van der Waals surface area contributed by atoms with Gasteiger partial charge in [-0.3, -0.25) is 4.79 Å². The van der Waals surface area contributed by atoms with E-state index >= 15 is 0 Å². The van der Waals surface area contributed by atoms with E-state index in [9.17, 15) is 4.79 Å². The molecule has 0 atom stereocenters. The summed E-state index contributed by atoms with van der Waals surface area (Å²) in [5.74, 6) is 0.771. The zero-order valence-electron chi connectivity index (χ0n) is 8.61. The van der Waals surface area contributed by atoms with Crippen molar-refractivity contribution in [1.29, 1.82) is 0 Å². The second-order valence-electron chi connectivity index (χ2n) is 3.78. The minimum Gasteiger partial charge on any atom is -0.490 e. The summed E-state index contributed by atoms with van der Waals surface area (Å²) >= 11 is 0. The highest BCUT2D eigenvalue weighted by Crippen LogP contribution is 2.29.